The predicted molar refractivity (Wildman–Crippen MR) is 74.9 cm³/mol. The lowest BCUT2D eigenvalue weighted by Crippen LogP contribution is -2.26. The molecule has 0 saturated carbocycles. The predicted octanol–water partition coefficient (Wildman–Crippen LogP) is 2.54. The minimum atomic E-state index is -0.180. The summed E-state index contributed by atoms with van der Waals surface area (Å²) < 4.78 is 7.18. The van der Waals surface area contributed by atoms with Crippen LogP contribution >= 0.6 is 0 Å². The van der Waals surface area contributed by atoms with Gasteiger partial charge in [0.25, 0.3) is 0 Å². The van der Waals surface area contributed by atoms with Gasteiger partial charge in [0, 0.05) is 13.5 Å². The first-order chi connectivity index (χ1) is 9.61. The van der Waals surface area contributed by atoms with E-state index in [9.17, 15) is 4.79 Å². The third-order valence-corrected chi connectivity index (χ3v) is 2.97. The van der Waals surface area contributed by atoms with E-state index in [1.165, 1.54) is 6.92 Å². The third-order valence-electron chi connectivity index (χ3n) is 2.97. The fraction of sp³-hybridized carbons (Fsp3) is 0.500. The zero-order chi connectivity index (χ0) is 14.5. The second-order valence-electron chi connectivity index (χ2n) is 4.77. The van der Waals surface area contributed by atoms with Crippen LogP contribution in [-0.2, 0) is 11.3 Å². The van der Waals surface area contributed by atoms with E-state index in [2.05, 4.69) is 22.3 Å². The van der Waals surface area contributed by atoms with Crippen LogP contribution < -0.4 is 5.32 Å². The maximum atomic E-state index is 11.2. The summed E-state index contributed by atoms with van der Waals surface area (Å²) in [4.78, 5) is 15.7. The van der Waals surface area contributed by atoms with Gasteiger partial charge in [-0.1, -0.05) is 13.3 Å². The first kappa shape index (κ1) is 14.3. The summed E-state index contributed by atoms with van der Waals surface area (Å²) in [6.07, 6.45) is 3.68. The molecule has 108 valence electrons. The molecule has 0 aromatic carbocycles. The molecule has 6 nitrogen and oxygen atoms in total. The van der Waals surface area contributed by atoms with E-state index < -0.39 is 0 Å². The van der Waals surface area contributed by atoms with Crippen molar-refractivity contribution in [1.29, 1.82) is 0 Å². The standard InChI is InChI=1S/C14H20N4O2/c1-4-5-8-18-14(10(2)15-11(3)19)16-13(17-18)12-7-6-9-20-12/h6-7,9-10H,4-5,8H2,1-3H3,(H,15,19)/t10-/m0/s1. The van der Waals surface area contributed by atoms with Crippen LogP contribution in [0.25, 0.3) is 11.6 Å². The van der Waals surface area contributed by atoms with E-state index in [0.717, 1.165) is 25.2 Å². The maximum Gasteiger partial charge on any atom is 0.217 e. The maximum absolute atomic E-state index is 11.2. The Morgan fingerprint density at radius 1 is 1.55 bits per heavy atom. The lowest BCUT2D eigenvalue weighted by atomic mass is 10.3. The van der Waals surface area contributed by atoms with Crippen LogP contribution in [0.5, 0.6) is 0 Å². The molecule has 2 rings (SSSR count). The minimum absolute atomic E-state index is 0.0814. The zero-order valence-electron chi connectivity index (χ0n) is 12.1. The molecule has 0 aliphatic carbocycles. The zero-order valence-corrected chi connectivity index (χ0v) is 12.1. The van der Waals surface area contributed by atoms with Crippen molar-refractivity contribution in [2.24, 2.45) is 0 Å². The van der Waals surface area contributed by atoms with E-state index in [4.69, 9.17) is 4.42 Å². The molecule has 0 bridgehead atoms. The highest BCUT2D eigenvalue weighted by Crippen LogP contribution is 2.19. The van der Waals surface area contributed by atoms with Crippen LogP contribution in [0.3, 0.4) is 0 Å². The molecule has 0 aliphatic heterocycles. The smallest absolute Gasteiger partial charge is 0.217 e. The summed E-state index contributed by atoms with van der Waals surface area (Å²) in [5.41, 5.74) is 0. The Morgan fingerprint density at radius 2 is 2.35 bits per heavy atom. The van der Waals surface area contributed by atoms with Crippen molar-refractivity contribution in [3.63, 3.8) is 0 Å². The van der Waals surface area contributed by atoms with Gasteiger partial charge in [0.05, 0.1) is 12.3 Å². The molecule has 6 heteroatoms. The Morgan fingerprint density at radius 3 is 2.95 bits per heavy atom. The van der Waals surface area contributed by atoms with Gasteiger partial charge in [-0.05, 0) is 25.5 Å². The molecule has 1 atom stereocenters. The number of unbranched alkanes of at least 4 members (excludes halogenated alkanes) is 1. The van der Waals surface area contributed by atoms with Crippen molar-refractivity contribution in [3.8, 4) is 11.6 Å². The Balaban J connectivity index is 2.29. The number of carbonyl (C=O) groups excluding carboxylic acids is 1. The van der Waals surface area contributed by atoms with Crippen LogP contribution in [0.2, 0.25) is 0 Å². The Labute approximate surface area is 118 Å². The molecule has 0 aliphatic rings. The van der Waals surface area contributed by atoms with Crippen LogP contribution in [0, 0.1) is 0 Å². The van der Waals surface area contributed by atoms with Crippen LogP contribution in [0.1, 0.15) is 45.5 Å². The van der Waals surface area contributed by atoms with E-state index in [1.807, 2.05) is 17.7 Å². The van der Waals surface area contributed by atoms with Gasteiger partial charge in [-0.2, -0.15) is 0 Å². The molecule has 1 amide bonds. The van der Waals surface area contributed by atoms with Crippen molar-refractivity contribution >= 4 is 5.91 Å². The minimum Gasteiger partial charge on any atom is -0.461 e. The molecule has 1 N–H and O–H groups in total. The SMILES string of the molecule is CCCCn1nc(-c2ccco2)nc1[C@H](C)NC(C)=O. The number of rotatable bonds is 6. The molecule has 2 aromatic heterocycles. The lowest BCUT2D eigenvalue weighted by Gasteiger charge is -2.12. The number of amides is 1. The second kappa shape index (κ2) is 6.36. The number of hydrogen-bond acceptors (Lipinski definition) is 4. The Kier molecular flexibility index (Phi) is 4.55. The van der Waals surface area contributed by atoms with Crippen LogP contribution in [0.15, 0.2) is 22.8 Å². The average Bonchev–Trinajstić information content (AvgIpc) is 3.04. The number of furan rings is 1. The molecule has 0 unspecified atom stereocenters. The molecule has 0 radical (unpaired) electrons. The summed E-state index contributed by atoms with van der Waals surface area (Å²) >= 11 is 0. The van der Waals surface area contributed by atoms with Crippen molar-refractivity contribution in [1.82, 2.24) is 20.1 Å². The van der Waals surface area contributed by atoms with E-state index >= 15 is 0 Å². The van der Waals surface area contributed by atoms with Gasteiger partial charge in [0.2, 0.25) is 11.7 Å². The molecule has 2 heterocycles. The van der Waals surface area contributed by atoms with Gasteiger partial charge in [0.1, 0.15) is 5.82 Å². The number of aryl methyl sites for hydroxylation is 1. The van der Waals surface area contributed by atoms with Gasteiger partial charge >= 0.3 is 0 Å². The molecule has 0 spiro atoms. The number of carbonyl (C=O) groups is 1. The molecule has 0 fully saturated rings. The largest absolute Gasteiger partial charge is 0.461 e. The van der Waals surface area contributed by atoms with Crippen molar-refractivity contribution in [2.45, 2.75) is 46.2 Å². The van der Waals surface area contributed by atoms with Crippen LogP contribution in [-0.4, -0.2) is 20.7 Å². The highest BCUT2D eigenvalue weighted by atomic mass is 16.3. The molecule has 20 heavy (non-hydrogen) atoms. The quantitative estimate of drug-likeness (QED) is 0.880. The normalized spacial score (nSPS) is 12.3. The first-order valence-corrected chi connectivity index (χ1v) is 6.87. The van der Waals surface area contributed by atoms with E-state index in [1.54, 1.807) is 12.3 Å². The summed E-state index contributed by atoms with van der Waals surface area (Å²) in [5, 5.41) is 7.32. The summed E-state index contributed by atoms with van der Waals surface area (Å²) in [6, 6.07) is 3.45. The van der Waals surface area contributed by atoms with Crippen molar-refractivity contribution < 1.29 is 9.21 Å². The van der Waals surface area contributed by atoms with E-state index in [-0.39, 0.29) is 11.9 Å². The Bertz CT molecular complexity index is 560. The highest BCUT2D eigenvalue weighted by molar-refractivity contribution is 5.73. The van der Waals surface area contributed by atoms with Crippen molar-refractivity contribution in [3.05, 3.63) is 24.2 Å². The van der Waals surface area contributed by atoms with Crippen molar-refractivity contribution in [2.75, 3.05) is 0 Å². The number of nitrogens with zero attached hydrogens (tertiary/aromatic N) is 3. The number of hydrogen-bond donors (Lipinski definition) is 1. The summed E-state index contributed by atoms with van der Waals surface area (Å²) in [5.74, 6) is 1.86. The fourth-order valence-electron chi connectivity index (χ4n) is 2.03. The van der Waals surface area contributed by atoms with Crippen LogP contribution in [0.4, 0.5) is 0 Å². The van der Waals surface area contributed by atoms with Gasteiger partial charge in [-0.15, -0.1) is 5.10 Å². The van der Waals surface area contributed by atoms with Gasteiger partial charge < -0.3 is 9.73 Å². The first-order valence-electron chi connectivity index (χ1n) is 6.87. The number of nitrogens with one attached hydrogen (secondary N) is 1. The molecule has 0 saturated heterocycles. The van der Waals surface area contributed by atoms with Gasteiger partial charge in [0.15, 0.2) is 5.76 Å². The fourth-order valence-corrected chi connectivity index (χ4v) is 2.03. The lowest BCUT2D eigenvalue weighted by molar-refractivity contribution is -0.119. The van der Waals surface area contributed by atoms with Gasteiger partial charge in [-0.3, -0.25) is 4.79 Å². The number of aromatic nitrogens is 3. The van der Waals surface area contributed by atoms with Gasteiger partial charge in [-0.25, -0.2) is 9.67 Å². The monoisotopic (exact) mass is 276 g/mol. The molecule has 2 aromatic rings. The third kappa shape index (κ3) is 3.26. The second-order valence-corrected chi connectivity index (χ2v) is 4.77. The topological polar surface area (TPSA) is 73.0 Å². The average molecular weight is 276 g/mol. The summed E-state index contributed by atoms with van der Waals surface area (Å²) in [7, 11) is 0. The molecular formula is C14H20N4O2. The Hall–Kier alpha value is -2.11. The molecular weight excluding hydrogens is 256 g/mol. The van der Waals surface area contributed by atoms with E-state index in [0.29, 0.717) is 11.6 Å². The summed E-state index contributed by atoms with van der Waals surface area (Å²) in [6.45, 7) is 6.31. The highest BCUT2D eigenvalue weighted by Gasteiger charge is 2.18.